The minimum absolute atomic E-state index is 0.0933. The highest BCUT2D eigenvalue weighted by Crippen LogP contribution is 2.15. The minimum atomic E-state index is -0.792. The SMILES string of the molecule is CC/C=C/C=C/C=C/C=C/CCCCCC(=O)OCC(COC(=O)CCCCC/C=C/CCCCCCCCC)OC(=O)CCCCCCCCCCCCCCCC. The van der Waals surface area contributed by atoms with E-state index in [1.54, 1.807) is 0 Å². The molecule has 340 valence electrons. The monoisotopic (exact) mass is 825 g/mol. The summed E-state index contributed by atoms with van der Waals surface area (Å²) in [5, 5.41) is 0. The largest absolute Gasteiger partial charge is 0.462 e. The molecule has 0 aliphatic heterocycles. The van der Waals surface area contributed by atoms with E-state index in [1.807, 2.05) is 36.5 Å². The van der Waals surface area contributed by atoms with Crippen molar-refractivity contribution in [1.82, 2.24) is 0 Å². The van der Waals surface area contributed by atoms with Crippen LogP contribution in [0.5, 0.6) is 0 Å². The topological polar surface area (TPSA) is 78.9 Å². The minimum Gasteiger partial charge on any atom is -0.462 e. The fourth-order valence-corrected chi connectivity index (χ4v) is 6.86. The third kappa shape index (κ3) is 46.0. The first-order valence-corrected chi connectivity index (χ1v) is 24.8. The lowest BCUT2D eigenvalue weighted by Gasteiger charge is -2.18. The van der Waals surface area contributed by atoms with E-state index in [4.69, 9.17) is 14.2 Å². The molecule has 0 heterocycles. The lowest BCUT2D eigenvalue weighted by atomic mass is 10.0. The standard InChI is InChI=1S/C53H92O6/c1-4-7-10-13-16-19-22-25-28-31-34-37-40-43-46-52(55)58-49-50(48-57-51(54)45-42-39-36-33-30-27-24-21-18-15-12-9-6-3)59-53(56)47-44-41-38-35-32-29-26-23-20-17-14-11-8-5-2/h9,12,15,18,21,24,27-28,30-31,50H,4-8,10-11,13-14,16-17,19-20,22-23,25-26,29,32-49H2,1-3H3/b12-9+,18-15+,24-21+,30-27+,31-28+. The quantitative estimate of drug-likeness (QED) is 0.0200. The predicted molar refractivity (Wildman–Crippen MR) is 251 cm³/mol. The molecule has 0 amide bonds. The molecule has 1 atom stereocenters. The van der Waals surface area contributed by atoms with E-state index in [1.165, 1.54) is 116 Å². The summed E-state index contributed by atoms with van der Waals surface area (Å²) in [5.41, 5.74) is 0. The van der Waals surface area contributed by atoms with Crippen molar-refractivity contribution < 1.29 is 28.6 Å². The summed E-state index contributed by atoms with van der Waals surface area (Å²) in [6, 6.07) is 0. The van der Waals surface area contributed by atoms with E-state index < -0.39 is 6.10 Å². The maximum Gasteiger partial charge on any atom is 0.306 e. The van der Waals surface area contributed by atoms with Gasteiger partial charge in [0.15, 0.2) is 6.10 Å². The van der Waals surface area contributed by atoms with Crippen LogP contribution in [0.3, 0.4) is 0 Å². The molecule has 0 aliphatic rings. The Morgan fingerprint density at radius 3 is 1.10 bits per heavy atom. The van der Waals surface area contributed by atoms with Gasteiger partial charge in [-0.3, -0.25) is 14.4 Å². The molecule has 6 nitrogen and oxygen atoms in total. The van der Waals surface area contributed by atoms with Crippen molar-refractivity contribution >= 4 is 17.9 Å². The molecule has 0 aliphatic carbocycles. The fraction of sp³-hybridized carbons (Fsp3) is 0.755. The van der Waals surface area contributed by atoms with Crippen molar-refractivity contribution in [2.24, 2.45) is 0 Å². The van der Waals surface area contributed by atoms with Crippen LogP contribution in [0.1, 0.15) is 239 Å². The molecule has 0 bridgehead atoms. The molecule has 0 aromatic heterocycles. The molecule has 59 heavy (non-hydrogen) atoms. The van der Waals surface area contributed by atoms with E-state index in [9.17, 15) is 14.4 Å². The van der Waals surface area contributed by atoms with E-state index in [2.05, 4.69) is 45.1 Å². The van der Waals surface area contributed by atoms with Gasteiger partial charge in [-0.25, -0.2) is 0 Å². The van der Waals surface area contributed by atoms with Gasteiger partial charge in [0.05, 0.1) is 0 Å². The second-order valence-electron chi connectivity index (χ2n) is 16.4. The molecule has 0 saturated heterocycles. The second-order valence-corrected chi connectivity index (χ2v) is 16.4. The first-order chi connectivity index (χ1) is 29.0. The zero-order chi connectivity index (χ0) is 43.0. The smallest absolute Gasteiger partial charge is 0.306 e. The van der Waals surface area contributed by atoms with Gasteiger partial charge in [-0.1, -0.05) is 216 Å². The van der Waals surface area contributed by atoms with Crippen molar-refractivity contribution in [3.05, 3.63) is 60.8 Å². The number of hydrogen-bond donors (Lipinski definition) is 0. The molecule has 0 N–H and O–H groups in total. The van der Waals surface area contributed by atoms with Crippen LogP contribution in [0.25, 0.3) is 0 Å². The van der Waals surface area contributed by atoms with Crippen LogP contribution >= 0.6 is 0 Å². The second kappa shape index (κ2) is 47.8. The maximum absolute atomic E-state index is 12.8. The first-order valence-electron chi connectivity index (χ1n) is 24.8. The zero-order valence-corrected chi connectivity index (χ0v) is 38.8. The number of carbonyl (C=O) groups excluding carboxylic acids is 3. The third-order valence-corrected chi connectivity index (χ3v) is 10.6. The fourth-order valence-electron chi connectivity index (χ4n) is 6.86. The van der Waals surface area contributed by atoms with Crippen LogP contribution in [-0.2, 0) is 28.6 Å². The Morgan fingerprint density at radius 1 is 0.356 bits per heavy atom. The third-order valence-electron chi connectivity index (χ3n) is 10.6. The van der Waals surface area contributed by atoms with Crippen molar-refractivity contribution in [3.63, 3.8) is 0 Å². The molecule has 0 fully saturated rings. The van der Waals surface area contributed by atoms with Gasteiger partial charge < -0.3 is 14.2 Å². The van der Waals surface area contributed by atoms with Crippen molar-refractivity contribution in [2.45, 2.75) is 245 Å². The van der Waals surface area contributed by atoms with Crippen LogP contribution in [0.2, 0.25) is 0 Å². The first kappa shape index (κ1) is 56.1. The molecule has 0 radical (unpaired) electrons. The summed E-state index contributed by atoms with van der Waals surface area (Å²) < 4.78 is 16.7. The number of ether oxygens (including phenoxy) is 3. The Labute approximate surface area is 364 Å². The zero-order valence-electron chi connectivity index (χ0n) is 38.8. The number of esters is 3. The highest BCUT2D eigenvalue weighted by molar-refractivity contribution is 5.71. The number of carbonyl (C=O) groups is 3. The highest BCUT2D eigenvalue weighted by Gasteiger charge is 2.19. The van der Waals surface area contributed by atoms with Gasteiger partial charge >= 0.3 is 17.9 Å². The van der Waals surface area contributed by atoms with Crippen molar-refractivity contribution in [2.75, 3.05) is 13.2 Å². The molecule has 0 aromatic carbocycles. The van der Waals surface area contributed by atoms with Crippen molar-refractivity contribution in [1.29, 1.82) is 0 Å². The number of hydrogen-bond acceptors (Lipinski definition) is 6. The molecule has 0 rings (SSSR count). The van der Waals surface area contributed by atoms with Crippen molar-refractivity contribution in [3.8, 4) is 0 Å². The van der Waals surface area contributed by atoms with E-state index in [0.29, 0.717) is 19.3 Å². The Balaban J connectivity index is 4.45. The lowest BCUT2D eigenvalue weighted by molar-refractivity contribution is -0.167. The average molecular weight is 825 g/mol. The Morgan fingerprint density at radius 2 is 0.678 bits per heavy atom. The molecule has 0 aromatic rings. The van der Waals surface area contributed by atoms with Crippen LogP contribution in [-0.4, -0.2) is 37.2 Å². The normalized spacial score (nSPS) is 12.5. The van der Waals surface area contributed by atoms with Gasteiger partial charge in [-0.15, -0.1) is 0 Å². The molecule has 0 saturated carbocycles. The summed E-state index contributed by atoms with van der Waals surface area (Å²) in [4.78, 5) is 37.9. The Hall–Kier alpha value is -2.89. The average Bonchev–Trinajstić information content (AvgIpc) is 3.23. The Kier molecular flexibility index (Phi) is 45.4. The van der Waals surface area contributed by atoms with E-state index in [-0.39, 0.29) is 31.1 Å². The summed E-state index contributed by atoms with van der Waals surface area (Å²) >= 11 is 0. The van der Waals surface area contributed by atoms with Gasteiger partial charge in [0, 0.05) is 19.3 Å². The molecular weight excluding hydrogens is 733 g/mol. The summed E-state index contributed by atoms with van der Waals surface area (Å²) in [5.74, 6) is -0.944. The van der Waals surface area contributed by atoms with Gasteiger partial charge in [0.25, 0.3) is 0 Å². The molecule has 0 spiro atoms. The predicted octanol–water partition coefficient (Wildman–Crippen LogP) is 16.1. The summed E-state index contributed by atoms with van der Waals surface area (Å²) in [7, 11) is 0. The summed E-state index contributed by atoms with van der Waals surface area (Å²) in [6.45, 7) is 6.45. The lowest BCUT2D eigenvalue weighted by Crippen LogP contribution is -2.30. The summed E-state index contributed by atoms with van der Waals surface area (Å²) in [6.07, 6.45) is 57.7. The van der Waals surface area contributed by atoms with Crippen LogP contribution < -0.4 is 0 Å². The van der Waals surface area contributed by atoms with Gasteiger partial charge in [0.1, 0.15) is 13.2 Å². The number of unbranched alkanes of at least 4 members (excludes halogenated alkanes) is 26. The number of allylic oxidation sites excluding steroid dienone is 10. The Bertz CT molecular complexity index is 1090. The van der Waals surface area contributed by atoms with E-state index >= 15 is 0 Å². The number of rotatable bonds is 44. The van der Waals surface area contributed by atoms with Crippen LogP contribution in [0.4, 0.5) is 0 Å². The molecule has 1 unspecified atom stereocenters. The van der Waals surface area contributed by atoms with E-state index in [0.717, 1.165) is 83.5 Å². The van der Waals surface area contributed by atoms with Gasteiger partial charge in [0.2, 0.25) is 0 Å². The van der Waals surface area contributed by atoms with Crippen LogP contribution in [0.15, 0.2) is 60.8 Å². The van der Waals surface area contributed by atoms with Gasteiger partial charge in [-0.05, 0) is 64.2 Å². The van der Waals surface area contributed by atoms with Crippen LogP contribution in [0, 0.1) is 0 Å². The maximum atomic E-state index is 12.8. The van der Waals surface area contributed by atoms with Gasteiger partial charge in [-0.2, -0.15) is 0 Å². The molecule has 6 heteroatoms. The highest BCUT2D eigenvalue weighted by atomic mass is 16.6. The molecular formula is C53H92O6.